The van der Waals surface area contributed by atoms with Gasteiger partial charge in [-0.2, -0.15) is 0 Å². The van der Waals surface area contributed by atoms with Gasteiger partial charge in [0.15, 0.2) is 0 Å². The van der Waals surface area contributed by atoms with Crippen molar-refractivity contribution in [1.82, 2.24) is 10.6 Å². The molecule has 13 heteroatoms. The lowest BCUT2D eigenvalue weighted by molar-refractivity contribution is -0.384. The third kappa shape index (κ3) is 9.50. The highest BCUT2D eigenvalue weighted by molar-refractivity contribution is 5.86. The van der Waals surface area contributed by atoms with Crippen LogP contribution < -0.4 is 10.6 Å². The highest BCUT2D eigenvalue weighted by Gasteiger charge is 2.34. The number of hydrogen-bond donors (Lipinski definition) is 3. The van der Waals surface area contributed by atoms with Gasteiger partial charge < -0.3 is 30.0 Å². The fraction of sp³-hybridized carbons (Fsp3) is 0.360. The van der Waals surface area contributed by atoms with Gasteiger partial charge in [-0.05, 0) is 11.1 Å². The lowest BCUT2D eigenvalue weighted by atomic mass is 9.88. The maximum absolute atomic E-state index is 12.6. The van der Waals surface area contributed by atoms with Crippen molar-refractivity contribution >= 4 is 29.6 Å². The Balaban J connectivity index is 2.03. The first-order valence-electron chi connectivity index (χ1n) is 11.5. The molecule has 0 fully saturated rings. The third-order valence-electron chi connectivity index (χ3n) is 5.44. The second-order valence-corrected chi connectivity index (χ2v) is 8.10. The van der Waals surface area contributed by atoms with E-state index < -0.39 is 53.3 Å². The molecule has 2 rings (SSSR count). The summed E-state index contributed by atoms with van der Waals surface area (Å²) >= 11 is 0. The molecule has 2 aromatic carbocycles. The second-order valence-electron chi connectivity index (χ2n) is 8.10. The van der Waals surface area contributed by atoms with Crippen LogP contribution in [0.3, 0.4) is 0 Å². The molecule has 13 nitrogen and oxygen atoms in total. The van der Waals surface area contributed by atoms with E-state index in [0.29, 0.717) is 5.56 Å². The summed E-state index contributed by atoms with van der Waals surface area (Å²) in [5.41, 5.74) is 0.896. The third-order valence-corrected chi connectivity index (χ3v) is 5.44. The lowest BCUT2D eigenvalue weighted by Gasteiger charge is -2.26. The molecular weight excluding hydrogens is 502 g/mol. The minimum Gasteiger partial charge on any atom is -0.469 e. The van der Waals surface area contributed by atoms with Crippen LogP contribution in [0, 0.1) is 10.1 Å². The number of alkyl carbamates (subject to hydrolysis) is 1. The van der Waals surface area contributed by atoms with Gasteiger partial charge in [-0.15, -0.1) is 0 Å². The zero-order chi connectivity index (χ0) is 28.1. The molecule has 0 unspecified atom stereocenters. The minimum absolute atomic E-state index is 0.0221. The number of amides is 2. The van der Waals surface area contributed by atoms with E-state index in [4.69, 9.17) is 14.2 Å². The average Bonchev–Trinajstić information content (AvgIpc) is 2.92. The number of nitrogens with zero attached hydrogens (tertiary/aromatic N) is 1. The number of nitro groups is 1. The van der Waals surface area contributed by atoms with E-state index in [0.717, 1.165) is 19.8 Å². The molecule has 0 radical (unpaired) electrons. The number of aliphatic hydroxyl groups excluding tert-OH is 1. The topological polar surface area (TPSA) is 183 Å². The van der Waals surface area contributed by atoms with Crippen molar-refractivity contribution in [3.05, 3.63) is 75.8 Å². The Morgan fingerprint density at radius 3 is 2.21 bits per heavy atom. The Morgan fingerprint density at radius 1 is 0.974 bits per heavy atom. The van der Waals surface area contributed by atoms with Gasteiger partial charge in [-0.25, -0.2) is 9.59 Å². The maximum atomic E-state index is 12.6. The Hall–Kier alpha value is -4.52. The number of benzene rings is 2. The van der Waals surface area contributed by atoms with E-state index >= 15 is 0 Å². The van der Waals surface area contributed by atoms with Crippen LogP contribution in [0.4, 0.5) is 10.5 Å². The number of nitro benzene ring substituents is 1. The number of non-ortho nitro benzene ring substituents is 1. The van der Waals surface area contributed by atoms with Gasteiger partial charge in [0.25, 0.3) is 5.69 Å². The number of carbonyl (C=O) groups excluding carboxylic acids is 4. The number of esters is 2. The molecule has 0 saturated heterocycles. The Bertz CT molecular complexity index is 1110. The molecular formula is C25H29N3O10. The van der Waals surface area contributed by atoms with Crippen molar-refractivity contribution in [3.63, 3.8) is 0 Å². The van der Waals surface area contributed by atoms with Gasteiger partial charge in [-0.3, -0.25) is 19.7 Å². The predicted octanol–water partition coefficient (Wildman–Crippen LogP) is 1.58. The monoisotopic (exact) mass is 531 g/mol. The largest absolute Gasteiger partial charge is 0.469 e. The summed E-state index contributed by atoms with van der Waals surface area (Å²) in [4.78, 5) is 59.5. The predicted molar refractivity (Wildman–Crippen MR) is 132 cm³/mol. The second kappa shape index (κ2) is 14.9. The molecule has 0 bridgehead atoms. The normalized spacial score (nSPS) is 12.8. The van der Waals surface area contributed by atoms with Crippen molar-refractivity contribution in [1.29, 1.82) is 0 Å². The molecule has 0 aliphatic carbocycles. The quantitative estimate of drug-likeness (QED) is 0.148. The first kappa shape index (κ1) is 29.7. The van der Waals surface area contributed by atoms with E-state index in [1.54, 1.807) is 24.3 Å². The smallest absolute Gasteiger partial charge is 0.407 e. The molecule has 38 heavy (non-hydrogen) atoms. The van der Waals surface area contributed by atoms with Gasteiger partial charge >= 0.3 is 18.0 Å². The number of methoxy groups -OCH3 is 2. The summed E-state index contributed by atoms with van der Waals surface area (Å²) in [6, 6.07) is 12.7. The van der Waals surface area contributed by atoms with E-state index in [9.17, 15) is 34.4 Å². The summed E-state index contributed by atoms with van der Waals surface area (Å²) in [6.45, 7) is -0.286. The van der Waals surface area contributed by atoms with Crippen LogP contribution in [-0.2, 0) is 35.2 Å². The summed E-state index contributed by atoms with van der Waals surface area (Å²) in [6.07, 6.45) is -2.98. The molecule has 0 spiro atoms. The molecule has 0 aliphatic rings. The van der Waals surface area contributed by atoms with E-state index in [1.165, 1.54) is 24.3 Å². The van der Waals surface area contributed by atoms with Crippen molar-refractivity contribution in [2.75, 3.05) is 20.8 Å². The molecule has 3 N–H and O–H groups in total. The van der Waals surface area contributed by atoms with E-state index in [1.807, 2.05) is 6.07 Å². The lowest BCUT2D eigenvalue weighted by Crippen LogP contribution is -2.47. The number of rotatable bonds is 13. The number of aliphatic hydroxyl groups is 1. The van der Waals surface area contributed by atoms with Gasteiger partial charge in [0.2, 0.25) is 5.91 Å². The SMILES string of the molecule is COC(=O)C[C@@H](c1ccc([N+](=O)[O-])cc1)[C@@H](NC(=O)C[C@H](O)CNC(=O)OCc1ccccc1)C(=O)OC. The van der Waals surface area contributed by atoms with Crippen molar-refractivity contribution in [3.8, 4) is 0 Å². The zero-order valence-corrected chi connectivity index (χ0v) is 20.8. The van der Waals surface area contributed by atoms with Crippen LogP contribution in [0.5, 0.6) is 0 Å². The van der Waals surface area contributed by atoms with E-state index in [2.05, 4.69) is 10.6 Å². The van der Waals surface area contributed by atoms with Gasteiger partial charge in [0, 0.05) is 24.6 Å². The molecule has 204 valence electrons. The summed E-state index contributed by atoms with van der Waals surface area (Å²) in [5.74, 6) is -3.36. The van der Waals surface area contributed by atoms with Crippen LogP contribution in [0.15, 0.2) is 54.6 Å². The summed E-state index contributed by atoms with van der Waals surface area (Å²) in [7, 11) is 2.24. The maximum Gasteiger partial charge on any atom is 0.407 e. The first-order valence-corrected chi connectivity index (χ1v) is 11.5. The molecule has 2 aromatic rings. The number of nitrogens with one attached hydrogen (secondary N) is 2. The first-order chi connectivity index (χ1) is 18.1. The summed E-state index contributed by atoms with van der Waals surface area (Å²) in [5, 5.41) is 26.0. The van der Waals surface area contributed by atoms with Crippen molar-refractivity contribution < 1.29 is 43.4 Å². The highest BCUT2D eigenvalue weighted by atomic mass is 16.6. The zero-order valence-electron chi connectivity index (χ0n) is 20.8. The average molecular weight is 532 g/mol. The number of carbonyl (C=O) groups is 4. The fourth-order valence-electron chi connectivity index (χ4n) is 3.48. The van der Waals surface area contributed by atoms with Crippen molar-refractivity contribution in [2.24, 2.45) is 0 Å². The molecule has 2 amide bonds. The summed E-state index contributed by atoms with van der Waals surface area (Å²) < 4.78 is 14.5. The van der Waals surface area contributed by atoms with Crippen LogP contribution in [0.25, 0.3) is 0 Å². The molecule has 0 aliphatic heterocycles. The number of ether oxygens (including phenoxy) is 3. The molecule has 0 heterocycles. The van der Waals surface area contributed by atoms with Crippen molar-refractivity contribution in [2.45, 2.75) is 37.5 Å². The Morgan fingerprint density at radius 2 is 1.63 bits per heavy atom. The van der Waals surface area contributed by atoms with Crippen LogP contribution >= 0.6 is 0 Å². The van der Waals surface area contributed by atoms with E-state index in [-0.39, 0.29) is 25.3 Å². The number of hydrogen-bond acceptors (Lipinski definition) is 10. The van der Waals surface area contributed by atoms with Gasteiger partial charge in [-0.1, -0.05) is 42.5 Å². The molecule has 0 aromatic heterocycles. The van der Waals surface area contributed by atoms with Gasteiger partial charge in [0.05, 0.1) is 38.1 Å². The molecule has 3 atom stereocenters. The van der Waals surface area contributed by atoms with Gasteiger partial charge in [0.1, 0.15) is 12.6 Å². The Kier molecular flexibility index (Phi) is 11.6. The minimum atomic E-state index is -1.39. The van der Waals surface area contributed by atoms with Crippen LogP contribution in [0.1, 0.15) is 29.9 Å². The highest BCUT2D eigenvalue weighted by Crippen LogP contribution is 2.27. The Labute approximate surface area is 218 Å². The van der Waals surface area contributed by atoms with Crippen LogP contribution in [-0.4, -0.2) is 66.9 Å². The fourth-order valence-corrected chi connectivity index (χ4v) is 3.48. The molecule has 0 saturated carbocycles. The standard InChI is InChI=1S/C25H29N3O10/c1-36-22(31)13-20(17-8-10-18(11-9-17)28(34)35)23(24(32)37-2)27-21(30)12-19(29)14-26-25(33)38-15-16-6-4-3-5-7-16/h3-11,19-20,23,29H,12-15H2,1-2H3,(H,26,33)(H,27,30)/t19-,20-,23+/m0/s1. The van der Waals surface area contributed by atoms with Crippen LogP contribution in [0.2, 0.25) is 0 Å².